The Bertz CT molecular complexity index is 1470. The van der Waals surface area contributed by atoms with Crippen LogP contribution in [0.5, 0.6) is 11.5 Å². The van der Waals surface area contributed by atoms with E-state index in [4.69, 9.17) is 4.74 Å². The summed E-state index contributed by atoms with van der Waals surface area (Å²) in [5.74, 6) is 1.83. The zero-order valence-corrected chi connectivity index (χ0v) is 18.7. The number of methoxy groups -OCH3 is 1. The predicted molar refractivity (Wildman–Crippen MR) is 120 cm³/mol. The quantitative estimate of drug-likeness (QED) is 0.455. The van der Waals surface area contributed by atoms with Crippen molar-refractivity contribution in [1.29, 1.82) is 0 Å². The summed E-state index contributed by atoms with van der Waals surface area (Å²) in [4.78, 5) is 7.60. The molecule has 4 rings (SSSR count). The molecular formula is C20H17FN8O4S. The molecule has 2 N–H and O–H groups in total. The second-order valence-corrected chi connectivity index (χ2v) is 9.08. The van der Waals surface area contributed by atoms with Crippen LogP contribution in [0, 0.1) is 5.82 Å². The number of hydrogen-bond donors (Lipinski definition) is 2. The molecular weight excluding hydrogens is 467 g/mol. The normalized spacial score (nSPS) is 13.6. The van der Waals surface area contributed by atoms with E-state index in [1.54, 1.807) is 12.1 Å². The summed E-state index contributed by atoms with van der Waals surface area (Å²) in [7, 11) is -2.68. The number of allylic oxidation sites excluding steroid dienone is 1. The van der Waals surface area contributed by atoms with E-state index in [9.17, 15) is 17.9 Å². The Balaban J connectivity index is 1.78. The molecule has 0 bridgehead atoms. The number of nitrogens with one attached hydrogen (secondary N) is 1. The molecule has 2 aromatic heterocycles. The van der Waals surface area contributed by atoms with Crippen LogP contribution in [0.1, 0.15) is 18.6 Å². The van der Waals surface area contributed by atoms with Gasteiger partial charge in [-0.15, -0.1) is 15.3 Å². The van der Waals surface area contributed by atoms with Gasteiger partial charge in [0.1, 0.15) is 23.0 Å². The number of benzene rings is 1. The number of para-hydroxylation sites is 1. The Morgan fingerprint density at radius 1 is 1.26 bits per heavy atom. The van der Waals surface area contributed by atoms with Crippen LogP contribution >= 0.6 is 0 Å². The van der Waals surface area contributed by atoms with Crippen molar-refractivity contribution in [3.8, 4) is 17.2 Å². The molecule has 0 unspecified atom stereocenters. The van der Waals surface area contributed by atoms with Gasteiger partial charge in [0.15, 0.2) is 11.6 Å². The highest BCUT2D eigenvalue weighted by molar-refractivity contribution is 7.93. The summed E-state index contributed by atoms with van der Waals surface area (Å²) >= 11 is 0. The number of rotatable bonds is 8. The first-order valence-corrected chi connectivity index (χ1v) is 11.3. The fourth-order valence-corrected chi connectivity index (χ4v) is 3.98. The Labute approximate surface area is 192 Å². The SMILES string of the molecule is COc1cccc(O)c1-n1c(NS(=O)(=O)[C@H](C)Cc2ncc(F)cn2)nnc1C1=C=C=NN=C1. The molecule has 12 nitrogen and oxygen atoms in total. The molecule has 0 saturated heterocycles. The van der Waals surface area contributed by atoms with E-state index in [-0.39, 0.29) is 46.8 Å². The van der Waals surface area contributed by atoms with E-state index in [2.05, 4.69) is 46.7 Å². The van der Waals surface area contributed by atoms with Gasteiger partial charge < -0.3 is 9.84 Å². The molecule has 1 aliphatic heterocycles. The molecule has 0 amide bonds. The summed E-state index contributed by atoms with van der Waals surface area (Å²) in [5, 5.41) is 24.9. The highest BCUT2D eigenvalue weighted by atomic mass is 32.2. The summed E-state index contributed by atoms with van der Waals surface area (Å²) < 4.78 is 48.3. The molecule has 3 aromatic rings. The van der Waals surface area contributed by atoms with Crippen LogP contribution in [-0.2, 0) is 16.4 Å². The number of aromatic nitrogens is 5. The van der Waals surface area contributed by atoms with Crippen LogP contribution in [0.25, 0.3) is 11.3 Å². The van der Waals surface area contributed by atoms with Crippen LogP contribution in [0.3, 0.4) is 0 Å². The molecule has 0 radical (unpaired) electrons. The van der Waals surface area contributed by atoms with Crippen LogP contribution in [0.2, 0.25) is 0 Å². The van der Waals surface area contributed by atoms with Crippen molar-refractivity contribution in [2.75, 3.05) is 11.8 Å². The van der Waals surface area contributed by atoms with E-state index >= 15 is 0 Å². The van der Waals surface area contributed by atoms with Crippen LogP contribution in [-0.4, -0.2) is 62.7 Å². The molecule has 174 valence electrons. The van der Waals surface area contributed by atoms with Gasteiger partial charge in [0.2, 0.25) is 16.0 Å². The van der Waals surface area contributed by atoms with Crippen molar-refractivity contribution < 1.29 is 22.7 Å². The lowest BCUT2D eigenvalue weighted by Gasteiger charge is -2.17. The fourth-order valence-electron chi connectivity index (χ4n) is 3.02. The second kappa shape index (κ2) is 9.24. The first-order valence-electron chi connectivity index (χ1n) is 9.71. The van der Waals surface area contributed by atoms with Crippen molar-refractivity contribution >= 4 is 33.6 Å². The maximum atomic E-state index is 13.1. The van der Waals surface area contributed by atoms with Gasteiger partial charge in [-0.2, -0.15) is 0 Å². The highest BCUT2D eigenvalue weighted by Gasteiger charge is 2.28. The van der Waals surface area contributed by atoms with E-state index < -0.39 is 21.1 Å². The van der Waals surface area contributed by atoms with E-state index in [1.807, 2.05) is 0 Å². The zero-order chi connectivity index (χ0) is 24.3. The van der Waals surface area contributed by atoms with E-state index in [0.717, 1.165) is 12.4 Å². The number of phenolic OH excluding ortho intramolecular Hbond substituents is 1. The topological polar surface area (TPSA) is 157 Å². The zero-order valence-electron chi connectivity index (χ0n) is 17.8. The summed E-state index contributed by atoms with van der Waals surface area (Å²) in [6, 6.07) is 4.53. The lowest BCUT2D eigenvalue weighted by Crippen LogP contribution is -2.29. The number of aromatic hydroxyl groups is 1. The van der Waals surface area contributed by atoms with Gasteiger partial charge in [-0.3, -0.25) is 9.29 Å². The fraction of sp³-hybridized carbons (Fsp3) is 0.200. The number of ether oxygens (including phenoxy) is 1. The lowest BCUT2D eigenvalue weighted by atomic mass is 10.2. The van der Waals surface area contributed by atoms with Gasteiger partial charge in [0, 0.05) is 6.42 Å². The number of hydrogen-bond acceptors (Lipinski definition) is 10. The smallest absolute Gasteiger partial charge is 0.243 e. The third-order valence-electron chi connectivity index (χ3n) is 4.72. The number of sulfonamides is 1. The first-order chi connectivity index (χ1) is 16.3. The molecule has 3 heterocycles. The highest BCUT2D eigenvalue weighted by Crippen LogP contribution is 2.36. The Hall–Kier alpha value is -4.38. The number of nitrogens with zero attached hydrogens (tertiary/aromatic N) is 7. The lowest BCUT2D eigenvalue weighted by molar-refractivity contribution is 0.404. The summed E-state index contributed by atoms with van der Waals surface area (Å²) in [5.41, 5.74) is 3.09. The van der Waals surface area contributed by atoms with Gasteiger partial charge in [-0.1, -0.05) is 11.2 Å². The molecule has 1 aromatic carbocycles. The van der Waals surface area contributed by atoms with E-state index in [1.165, 1.54) is 30.9 Å². The van der Waals surface area contributed by atoms with Gasteiger partial charge in [0.05, 0.1) is 42.4 Å². The minimum absolute atomic E-state index is 0.0856. The van der Waals surface area contributed by atoms with Gasteiger partial charge in [-0.25, -0.2) is 22.8 Å². The van der Waals surface area contributed by atoms with Crippen molar-refractivity contribution in [3.05, 3.63) is 53.8 Å². The molecule has 14 heteroatoms. The molecule has 1 aliphatic rings. The Morgan fingerprint density at radius 2 is 2.03 bits per heavy atom. The Kier molecular flexibility index (Phi) is 6.19. The maximum absolute atomic E-state index is 13.1. The predicted octanol–water partition coefficient (Wildman–Crippen LogP) is 1.49. The third kappa shape index (κ3) is 4.55. The minimum Gasteiger partial charge on any atom is -0.506 e. The number of anilines is 1. The standard InChI is InChI=1S/C20H17FN8O4S/c1-12(8-17-22-10-14(21)11-23-17)34(31,32)28-20-27-26-19(13-6-7-24-25-9-13)29(20)18-15(30)4-3-5-16(18)33-2/h3-5,9-12,30H,8H2,1-2H3,(H,27,28)/t12-/m1/s1. The summed E-state index contributed by atoms with van der Waals surface area (Å²) in [6.07, 6.45) is 3.15. The van der Waals surface area contributed by atoms with Gasteiger partial charge in [-0.05, 0) is 24.8 Å². The van der Waals surface area contributed by atoms with Gasteiger partial charge in [0.25, 0.3) is 0 Å². The minimum atomic E-state index is -4.07. The molecule has 0 fully saturated rings. The number of halogens is 1. The second-order valence-electron chi connectivity index (χ2n) is 6.99. The summed E-state index contributed by atoms with van der Waals surface area (Å²) in [6.45, 7) is 1.44. The van der Waals surface area contributed by atoms with Crippen molar-refractivity contribution in [1.82, 2.24) is 24.7 Å². The monoisotopic (exact) mass is 484 g/mol. The van der Waals surface area contributed by atoms with E-state index in [0.29, 0.717) is 0 Å². The van der Waals surface area contributed by atoms with Crippen LogP contribution in [0.15, 0.2) is 46.5 Å². The van der Waals surface area contributed by atoms with Crippen molar-refractivity contribution in [2.45, 2.75) is 18.6 Å². The molecule has 0 spiro atoms. The maximum Gasteiger partial charge on any atom is 0.243 e. The van der Waals surface area contributed by atoms with Crippen LogP contribution < -0.4 is 9.46 Å². The molecule has 0 saturated carbocycles. The largest absolute Gasteiger partial charge is 0.506 e. The van der Waals surface area contributed by atoms with Gasteiger partial charge >= 0.3 is 0 Å². The average Bonchev–Trinajstić information content (AvgIpc) is 3.23. The van der Waals surface area contributed by atoms with Crippen molar-refractivity contribution in [2.24, 2.45) is 10.2 Å². The average molecular weight is 484 g/mol. The third-order valence-corrected chi connectivity index (χ3v) is 6.41. The molecule has 0 aliphatic carbocycles. The first kappa shape index (κ1) is 22.8. The molecule has 34 heavy (non-hydrogen) atoms. The van der Waals surface area contributed by atoms with Crippen molar-refractivity contribution in [3.63, 3.8) is 0 Å². The Morgan fingerprint density at radius 3 is 2.71 bits per heavy atom. The number of phenols is 1. The molecule has 1 atom stereocenters. The van der Waals surface area contributed by atoms with Crippen LogP contribution in [0.4, 0.5) is 10.3 Å².